The van der Waals surface area contributed by atoms with E-state index >= 15 is 0 Å². The Morgan fingerprint density at radius 3 is 2.45 bits per heavy atom. The Morgan fingerprint density at radius 1 is 1.07 bits per heavy atom. The lowest BCUT2D eigenvalue weighted by Crippen LogP contribution is -2.37. The van der Waals surface area contributed by atoms with Crippen molar-refractivity contribution in [2.24, 2.45) is 0 Å². The van der Waals surface area contributed by atoms with Gasteiger partial charge in [-0.15, -0.1) is 11.3 Å². The molecule has 6 heteroatoms. The van der Waals surface area contributed by atoms with Crippen LogP contribution in [-0.4, -0.2) is 30.0 Å². The minimum absolute atomic E-state index is 0.0952. The van der Waals surface area contributed by atoms with Crippen LogP contribution in [0.2, 0.25) is 0 Å². The van der Waals surface area contributed by atoms with Crippen molar-refractivity contribution < 1.29 is 13.9 Å². The summed E-state index contributed by atoms with van der Waals surface area (Å²) >= 11 is 1.42. The second-order valence-electron chi connectivity index (χ2n) is 7.18. The molecule has 29 heavy (non-hydrogen) atoms. The van der Waals surface area contributed by atoms with Crippen LogP contribution >= 0.6 is 11.3 Å². The SMILES string of the molecule is O=C(Nc1ccc(OC2CCN(Cc3ccc(F)cc3)CC2)cc1)c1cccs1. The van der Waals surface area contributed by atoms with Gasteiger partial charge in [-0.05, 0) is 66.2 Å². The van der Waals surface area contributed by atoms with Crippen molar-refractivity contribution in [3.05, 3.63) is 82.3 Å². The number of rotatable bonds is 6. The number of nitrogens with one attached hydrogen (secondary N) is 1. The fourth-order valence-electron chi connectivity index (χ4n) is 3.44. The molecule has 2 aromatic carbocycles. The first-order chi connectivity index (χ1) is 14.2. The van der Waals surface area contributed by atoms with Gasteiger partial charge in [0.2, 0.25) is 0 Å². The number of piperidine rings is 1. The van der Waals surface area contributed by atoms with E-state index in [1.54, 1.807) is 6.07 Å². The Kier molecular flexibility index (Phi) is 6.22. The standard InChI is InChI=1S/C23H23FN2O2S/c24-18-5-3-17(4-6-18)16-26-13-11-21(12-14-26)28-20-9-7-19(8-10-20)25-23(27)22-2-1-15-29-22/h1-10,15,21H,11-14,16H2,(H,25,27). The number of likely N-dealkylation sites (tertiary alicyclic amines) is 1. The minimum atomic E-state index is -0.196. The van der Waals surface area contributed by atoms with Gasteiger partial charge in [0.25, 0.3) is 5.91 Å². The quantitative estimate of drug-likeness (QED) is 0.609. The van der Waals surface area contributed by atoms with Gasteiger partial charge in [0, 0.05) is 25.3 Å². The molecule has 1 aliphatic heterocycles. The van der Waals surface area contributed by atoms with Crippen LogP contribution in [0.25, 0.3) is 0 Å². The van der Waals surface area contributed by atoms with E-state index in [-0.39, 0.29) is 17.8 Å². The molecule has 0 unspecified atom stereocenters. The third-order valence-corrected chi connectivity index (χ3v) is 5.88. The number of nitrogens with zero attached hydrogens (tertiary/aromatic N) is 1. The lowest BCUT2D eigenvalue weighted by molar-refractivity contribution is 0.0967. The molecule has 1 aliphatic rings. The summed E-state index contributed by atoms with van der Waals surface area (Å²) in [6.07, 6.45) is 2.10. The fraction of sp³-hybridized carbons (Fsp3) is 0.261. The number of hydrogen-bond acceptors (Lipinski definition) is 4. The van der Waals surface area contributed by atoms with Crippen molar-refractivity contribution in [2.75, 3.05) is 18.4 Å². The Balaban J connectivity index is 1.24. The highest BCUT2D eigenvalue weighted by Gasteiger charge is 2.20. The van der Waals surface area contributed by atoms with E-state index in [1.807, 2.05) is 47.8 Å². The summed E-state index contributed by atoms with van der Waals surface area (Å²) in [5, 5.41) is 4.78. The average molecular weight is 411 g/mol. The Labute approximate surface area is 173 Å². The average Bonchev–Trinajstić information content (AvgIpc) is 3.28. The molecule has 4 rings (SSSR count). The van der Waals surface area contributed by atoms with E-state index in [0.29, 0.717) is 4.88 Å². The van der Waals surface area contributed by atoms with E-state index in [0.717, 1.165) is 49.5 Å². The second kappa shape index (κ2) is 9.20. The van der Waals surface area contributed by atoms with Gasteiger partial charge in [0.15, 0.2) is 0 Å². The summed E-state index contributed by atoms with van der Waals surface area (Å²) in [5.74, 6) is 0.524. The zero-order chi connectivity index (χ0) is 20.1. The van der Waals surface area contributed by atoms with Gasteiger partial charge in [-0.1, -0.05) is 18.2 Å². The molecule has 1 aromatic heterocycles. The predicted molar refractivity (Wildman–Crippen MR) is 114 cm³/mol. The number of carbonyl (C=O) groups is 1. The molecule has 1 fully saturated rings. The molecule has 2 heterocycles. The number of hydrogen-bond donors (Lipinski definition) is 1. The molecule has 150 valence electrons. The summed E-state index contributed by atoms with van der Waals surface area (Å²) < 4.78 is 19.1. The van der Waals surface area contributed by atoms with Gasteiger partial charge in [0.05, 0.1) is 4.88 Å². The van der Waals surface area contributed by atoms with E-state index in [9.17, 15) is 9.18 Å². The van der Waals surface area contributed by atoms with Gasteiger partial charge in [0.1, 0.15) is 17.7 Å². The van der Waals surface area contributed by atoms with E-state index in [1.165, 1.54) is 23.5 Å². The predicted octanol–water partition coefficient (Wildman–Crippen LogP) is 5.18. The maximum Gasteiger partial charge on any atom is 0.265 e. The first-order valence-corrected chi connectivity index (χ1v) is 10.6. The number of amides is 1. The van der Waals surface area contributed by atoms with Crippen molar-refractivity contribution in [1.29, 1.82) is 0 Å². The molecule has 1 saturated heterocycles. The number of halogens is 1. The van der Waals surface area contributed by atoms with E-state index in [2.05, 4.69) is 10.2 Å². The van der Waals surface area contributed by atoms with Crippen molar-refractivity contribution in [3.63, 3.8) is 0 Å². The molecule has 3 aromatic rings. The van der Waals surface area contributed by atoms with Crippen molar-refractivity contribution in [3.8, 4) is 5.75 Å². The third-order valence-electron chi connectivity index (χ3n) is 5.01. The highest BCUT2D eigenvalue weighted by Crippen LogP contribution is 2.22. The minimum Gasteiger partial charge on any atom is -0.490 e. The highest BCUT2D eigenvalue weighted by atomic mass is 32.1. The van der Waals surface area contributed by atoms with Gasteiger partial charge in [-0.25, -0.2) is 4.39 Å². The molecule has 1 amide bonds. The van der Waals surface area contributed by atoms with Gasteiger partial charge < -0.3 is 10.1 Å². The summed E-state index contributed by atoms with van der Waals surface area (Å²) in [7, 11) is 0. The Bertz CT molecular complexity index is 919. The lowest BCUT2D eigenvalue weighted by Gasteiger charge is -2.32. The molecule has 0 bridgehead atoms. The monoisotopic (exact) mass is 410 g/mol. The first kappa shape index (κ1) is 19.6. The molecule has 0 spiro atoms. The van der Waals surface area contributed by atoms with Crippen LogP contribution in [0.15, 0.2) is 66.0 Å². The van der Waals surface area contributed by atoms with Crippen LogP contribution in [0, 0.1) is 5.82 Å². The van der Waals surface area contributed by atoms with Crippen LogP contribution < -0.4 is 10.1 Å². The molecule has 0 saturated carbocycles. The van der Waals surface area contributed by atoms with Crippen LogP contribution in [0.4, 0.5) is 10.1 Å². The third kappa shape index (κ3) is 5.43. The van der Waals surface area contributed by atoms with Crippen molar-refractivity contribution in [2.45, 2.75) is 25.5 Å². The molecule has 0 aliphatic carbocycles. The number of benzene rings is 2. The molecular formula is C23H23FN2O2S. The molecule has 0 radical (unpaired) electrons. The summed E-state index contributed by atoms with van der Waals surface area (Å²) in [5.41, 5.74) is 1.89. The zero-order valence-electron chi connectivity index (χ0n) is 16.0. The van der Waals surface area contributed by atoms with Crippen LogP contribution in [-0.2, 0) is 6.54 Å². The smallest absolute Gasteiger partial charge is 0.265 e. The van der Waals surface area contributed by atoms with E-state index < -0.39 is 0 Å². The topological polar surface area (TPSA) is 41.6 Å². The number of carbonyl (C=O) groups excluding carboxylic acids is 1. The van der Waals surface area contributed by atoms with Gasteiger partial charge >= 0.3 is 0 Å². The summed E-state index contributed by atoms with van der Waals surface area (Å²) in [4.78, 5) is 15.2. The molecule has 4 nitrogen and oxygen atoms in total. The molecule has 1 N–H and O–H groups in total. The maximum atomic E-state index is 13.0. The largest absolute Gasteiger partial charge is 0.490 e. The summed E-state index contributed by atoms with van der Waals surface area (Å²) in [6.45, 7) is 2.75. The Hall–Kier alpha value is -2.70. The normalized spacial score (nSPS) is 15.2. The van der Waals surface area contributed by atoms with Crippen LogP contribution in [0.5, 0.6) is 5.75 Å². The summed E-state index contributed by atoms with van der Waals surface area (Å²) in [6, 6.07) is 17.9. The molecule has 0 atom stereocenters. The number of ether oxygens (including phenoxy) is 1. The van der Waals surface area contributed by atoms with Crippen LogP contribution in [0.3, 0.4) is 0 Å². The zero-order valence-corrected chi connectivity index (χ0v) is 16.8. The lowest BCUT2D eigenvalue weighted by atomic mass is 10.1. The van der Waals surface area contributed by atoms with Gasteiger partial charge in [-0.2, -0.15) is 0 Å². The van der Waals surface area contributed by atoms with Gasteiger partial charge in [-0.3, -0.25) is 9.69 Å². The molecular weight excluding hydrogens is 387 g/mol. The Morgan fingerprint density at radius 2 is 1.79 bits per heavy atom. The maximum absolute atomic E-state index is 13.0. The van der Waals surface area contributed by atoms with E-state index in [4.69, 9.17) is 4.74 Å². The number of anilines is 1. The van der Waals surface area contributed by atoms with Crippen LogP contribution in [0.1, 0.15) is 28.1 Å². The fourth-order valence-corrected chi connectivity index (χ4v) is 4.06. The highest BCUT2D eigenvalue weighted by molar-refractivity contribution is 7.12. The van der Waals surface area contributed by atoms with Crippen molar-refractivity contribution in [1.82, 2.24) is 4.90 Å². The number of thiophene rings is 1. The first-order valence-electron chi connectivity index (χ1n) is 9.74. The van der Waals surface area contributed by atoms with Crippen molar-refractivity contribution >= 4 is 22.9 Å². The second-order valence-corrected chi connectivity index (χ2v) is 8.12.